The smallest absolute Gasteiger partial charge is 0.226 e. The summed E-state index contributed by atoms with van der Waals surface area (Å²) in [6, 6.07) is 6.22. The second kappa shape index (κ2) is 11.7. The SMILES string of the molecule is CN=C(NCCCc1nc(C)no1)NCCc1cc(C)ccc1OC.I. The Labute approximate surface area is 172 Å². The highest BCUT2D eigenvalue weighted by molar-refractivity contribution is 14.0. The summed E-state index contributed by atoms with van der Waals surface area (Å²) in [5, 5.41) is 10.4. The topological polar surface area (TPSA) is 84.6 Å². The number of ether oxygens (including phenoxy) is 1. The van der Waals surface area contributed by atoms with Gasteiger partial charge in [0.2, 0.25) is 5.89 Å². The first-order chi connectivity index (χ1) is 12.1. The highest BCUT2D eigenvalue weighted by atomic mass is 127. The Bertz CT molecular complexity index is 703. The number of hydrogen-bond acceptors (Lipinski definition) is 5. The van der Waals surface area contributed by atoms with Gasteiger partial charge in [0, 0.05) is 26.6 Å². The zero-order valence-electron chi connectivity index (χ0n) is 15.8. The van der Waals surface area contributed by atoms with Gasteiger partial charge >= 0.3 is 0 Å². The molecule has 1 heterocycles. The maximum absolute atomic E-state index is 5.41. The molecular formula is C18H28IN5O2. The second-order valence-corrected chi connectivity index (χ2v) is 5.83. The molecule has 0 bridgehead atoms. The number of aromatic nitrogens is 2. The van der Waals surface area contributed by atoms with Crippen LogP contribution in [0.4, 0.5) is 0 Å². The molecule has 0 fully saturated rings. The molecule has 0 aliphatic rings. The summed E-state index contributed by atoms with van der Waals surface area (Å²) in [6.45, 7) is 5.47. The first kappa shape index (κ1) is 22.2. The van der Waals surface area contributed by atoms with Crippen molar-refractivity contribution < 1.29 is 9.26 Å². The number of halogens is 1. The zero-order valence-corrected chi connectivity index (χ0v) is 18.2. The summed E-state index contributed by atoms with van der Waals surface area (Å²) in [5.74, 6) is 3.05. The minimum atomic E-state index is 0. The molecule has 0 spiro atoms. The van der Waals surface area contributed by atoms with Crippen LogP contribution in [0.2, 0.25) is 0 Å². The van der Waals surface area contributed by atoms with Crippen molar-refractivity contribution >= 4 is 29.9 Å². The molecule has 0 saturated carbocycles. The van der Waals surface area contributed by atoms with E-state index in [1.54, 1.807) is 14.2 Å². The third-order valence-corrected chi connectivity index (χ3v) is 3.78. The first-order valence-corrected chi connectivity index (χ1v) is 8.49. The highest BCUT2D eigenvalue weighted by Crippen LogP contribution is 2.19. The van der Waals surface area contributed by atoms with Gasteiger partial charge in [0.05, 0.1) is 7.11 Å². The van der Waals surface area contributed by atoms with Gasteiger partial charge in [-0.15, -0.1) is 24.0 Å². The molecule has 144 valence electrons. The quantitative estimate of drug-likeness (QED) is 0.266. The lowest BCUT2D eigenvalue weighted by atomic mass is 10.1. The highest BCUT2D eigenvalue weighted by Gasteiger charge is 2.05. The van der Waals surface area contributed by atoms with E-state index in [-0.39, 0.29) is 24.0 Å². The molecule has 0 atom stereocenters. The van der Waals surface area contributed by atoms with E-state index in [0.717, 1.165) is 44.1 Å². The zero-order chi connectivity index (χ0) is 18.1. The van der Waals surface area contributed by atoms with E-state index in [9.17, 15) is 0 Å². The fourth-order valence-corrected chi connectivity index (χ4v) is 2.53. The Kier molecular flexibility index (Phi) is 10.0. The Hall–Kier alpha value is -1.84. The van der Waals surface area contributed by atoms with Gasteiger partial charge in [0.1, 0.15) is 5.75 Å². The molecule has 2 aromatic rings. The molecule has 0 aliphatic carbocycles. The monoisotopic (exact) mass is 473 g/mol. The lowest BCUT2D eigenvalue weighted by Gasteiger charge is -2.13. The van der Waals surface area contributed by atoms with E-state index < -0.39 is 0 Å². The molecule has 7 nitrogen and oxygen atoms in total. The molecule has 0 saturated heterocycles. The van der Waals surface area contributed by atoms with Crippen molar-refractivity contribution in [3.63, 3.8) is 0 Å². The number of benzene rings is 1. The minimum Gasteiger partial charge on any atom is -0.496 e. The maximum atomic E-state index is 5.41. The average Bonchev–Trinajstić information content (AvgIpc) is 3.02. The number of hydrogen-bond donors (Lipinski definition) is 2. The van der Waals surface area contributed by atoms with Gasteiger partial charge in [0.15, 0.2) is 11.8 Å². The maximum Gasteiger partial charge on any atom is 0.226 e. The molecule has 2 N–H and O–H groups in total. The van der Waals surface area contributed by atoms with Crippen molar-refractivity contribution in [2.75, 3.05) is 27.2 Å². The van der Waals surface area contributed by atoms with Crippen LogP contribution in [0, 0.1) is 13.8 Å². The number of nitrogens with one attached hydrogen (secondary N) is 2. The van der Waals surface area contributed by atoms with Crippen LogP contribution in [-0.2, 0) is 12.8 Å². The third-order valence-electron chi connectivity index (χ3n) is 3.78. The Morgan fingerprint density at radius 3 is 2.62 bits per heavy atom. The van der Waals surface area contributed by atoms with Crippen molar-refractivity contribution in [2.24, 2.45) is 4.99 Å². The number of aliphatic imine (C=N–C) groups is 1. The average molecular weight is 473 g/mol. The summed E-state index contributed by atoms with van der Waals surface area (Å²) in [4.78, 5) is 8.43. The number of methoxy groups -OCH3 is 1. The molecule has 1 aromatic carbocycles. The molecule has 8 heteroatoms. The van der Waals surface area contributed by atoms with Gasteiger partial charge in [-0.1, -0.05) is 22.9 Å². The molecule has 0 radical (unpaired) electrons. The van der Waals surface area contributed by atoms with Gasteiger partial charge in [-0.05, 0) is 38.3 Å². The van der Waals surface area contributed by atoms with E-state index >= 15 is 0 Å². The number of guanidine groups is 1. The van der Waals surface area contributed by atoms with Crippen LogP contribution in [0.1, 0.15) is 29.3 Å². The van der Waals surface area contributed by atoms with Crippen LogP contribution in [-0.4, -0.2) is 43.3 Å². The van der Waals surface area contributed by atoms with Crippen LogP contribution in [0.5, 0.6) is 5.75 Å². The number of rotatable bonds is 8. The largest absolute Gasteiger partial charge is 0.496 e. The Morgan fingerprint density at radius 1 is 1.19 bits per heavy atom. The number of aryl methyl sites for hydroxylation is 3. The fraction of sp³-hybridized carbons (Fsp3) is 0.500. The predicted octanol–water partition coefficient (Wildman–Crippen LogP) is 2.65. The van der Waals surface area contributed by atoms with Gasteiger partial charge in [-0.2, -0.15) is 4.98 Å². The lowest BCUT2D eigenvalue weighted by molar-refractivity contribution is 0.372. The lowest BCUT2D eigenvalue weighted by Crippen LogP contribution is -2.38. The van der Waals surface area contributed by atoms with Gasteiger partial charge in [0.25, 0.3) is 0 Å². The van der Waals surface area contributed by atoms with Crippen molar-refractivity contribution in [1.29, 1.82) is 0 Å². The molecule has 1 aromatic heterocycles. The second-order valence-electron chi connectivity index (χ2n) is 5.83. The van der Waals surface area contributed by atoms with E-state index in [1.807, 2.05) is 13.0 Å². The van der Waals surface area contributed by atoms with Crippen molar-refractivity contribution in [1.82, 2.24) is 20.8 Å². The van der Waals surface area contributed by atoms with E-state index in [1.165, 1.54) is 11.1 Å². The first-order valence-electron chi connectivity index (χ1n) is 8.49. The Morgan fingerprint density at radius 2 is 1.96 bits per heavy atom. The molecular weight excluding hydrogens is 445 g/mol. The van der Waals surface area contributed by atoms with Crippen molar-refractivity contribution in [2.45, 2.75) is 33.1 Å². The van der Waals surface area contributed by atoms with Crippen molar-refractivity contribution in [3.05, 3.63) is 41.0 Å². The summed E-state index contributed by atoms with van der Waals surface area (Å²) in [7, 11) is 3.47. The molecule has 2 rings (SSSR count). The number of nitrogens with zero attached hydrogens (tertiary/aromatic N) is 3. The standard InChI is InChI=1S/C18H27N5O2.HI/c1-13-7-8-16(24-4)15(12-13)9-11-21-18(19-3)20-10-5-6-17-22-14(2)23-25-17;/h7-8,12H,5-6,9-11H2,1-4H3,(H2,19,20,21);1H. The van der Waals surface area contributed by atoms with Gasteiger partial charge < -0.3 is 19.9 Å². The summed E-state index contributed by atoms with van der Waals surface area (Å²) < 4.78 is 10.5. The van der Waals surface area contributed by atoms with Crippen LogP contribution in [0.15, 0.2) is 27.7 Å². The summed E-state index contributed by atoms with van der Waals surface area (Å²) in [5.41, 5.74) is 2.42. The third kappa shape index (κ3) is 7.19. The molecule has 0 amide bonds. The summed E-state index contributed by atoms with van der Waals surface area (Å²) >= 11 is 0. The van der Waals surface area contributed by atoms with Crippen molar-refractivity contribution in [3.8, 4) is 5.75 Å². The van der Waals surface area contributed by atoms with Crippen LogP contribution >= 0.6 is 24.0 Å². The predicted molar refractivity (Wildman–Crippen MR) is 114 cm³/mol. The van der Waals surface area contributed by atoms with E-state index in [2.05, 4.69) is 44.8 Å². The van der Waals surface area contributed by atoms with Gasteiger partial charge in [-0.3, -0.25) is 4.99 Å². The normalized spacial score (nSPS) is 11.0. The van der Waals surface area contributed by atoms with E-state index in [0.29, 0.717) is 11.7 Å². The Balaban J connectivity index is 0.00000338. The van der Waals surface area contributed by atoms with Crippen LogP contribution in [0.3, 0.4) is 0 Å². The van der Waals surface area contributed by atoms with Crippen LogP contribution in [0.25, 0.3) is 0 Å². The minimum absolute atomic E-state index is 0. The summed E-state index contributed by atoms with van der Waals surface area (Å²) in [6.07, 6.45) is 2.52. The molecule has 0 unspecified atom stereocenters. The molecule has 26 heavy (non-hydrogen) atoms. The fourth-order valence-electron chi connectivity index (χ4n) is 2.53. The van der Waals surface area contributed by atoms with E-state index in [4.69, 9.17) is 9.26 Å². The molecule has 0 aliphatic heterocycles. The van der Waals surface area contributed by atoms with Gasteiger partial charge in [-0.25, -0.2) is 0 Å². The van der Waals surface area contributed by atoms with Crippen LogP contribution < -0.4 is 15.4 Å².